The molecule has 0 saturated carbocycles. The highest BCUT2D eigenvalue weighted by Gasteiger charge is 2.08. The molecular formula is C16H25O. The van der Waals surface area contributed by atoms with E-state index in [1.807, 2.05) is 0 Å². The number of hydrogen-bond acceptors (Lipinski definition) is 1. The molecule has 1 heteroatoms. The Labute approximate surface area is 106 Å². The molecule has 1 rings (SSSR count). The van der Waals surface area contributed by atoms with Crippen molar-refractivity contribution in [1.82, 2.24) is 0 Å². The summed E-state index contributed by atoms with van der Waals surface area (Å²) in [4.78, 5) is 0. The first kappa shape index (κ1) is 14.1. The van der Waals surface area contributed by atoms with Crippen molar-refractivity contribution < 1.29 is 4.74 Å². The Kier molecular flexibility index (Phi) is 5.04. The number of rotatable bonds is 5. The topological polar surface area (TPSA) is 9.23 Å². The Morgan fingerprint density at radius 1 is 1.06 bits per heavy atom. The van der Waals surface area contributed by atoms with Gasteiger partial charge in [-0.05, 0) is 41.0 Å². The van der Waals surface area contributed by atoms with Gasteiger partial charge in [0.2, 0.25) is 0 Å². The molecule has 17 heavy (non-hydrogen) atoms. The molecule has 0 atom stereocenters. The largest absolute Gasteiger partial charge is 0.493 e. The van der Waals surface area contributed by atoms with Crippen molar-refractivity contribution in [2.45, 2.75) is 47.5 Å². The molecule has 0 saturated heterocycles. The first-order valence-electron chi connectivity index (χ1n) is 6.48. The zero-order chi connectivity index (χ0) is 13.0. The van der Waals surface area contributed by atoms with E-state index >= 15 is 0 Å². The minimum Gasteiger partial charge on any atom is -0.493 e. The molecule has 0 N–H and O–H groups in total. The molecule has 0 fully saturated rings. The predicted octanol–water partition coefficient (Wildman–Crippen LogP) is 4.81. The first-order valence-corrected chi connectivity index (χ1v) is 6.48. The molecule has 95 valence electrons. The maximum atomic E-state index is 5.84. The summed E-state index contributed by atoms with van der Waals surface area (Å²) in [5.41, 5.74) is 2.64. The Balaban J connectivity index is 2.95. The summed E-state index contributed by atoms with van der Waals surface area (Å²) < 4.78 is 5.84. The zero-order valence-electron chi connectivity index (χ0n) is 12.0. The van der Waals surface area contributed by atoms with Crippen LogP contribution < -0.4 is 4.74 Å². The summed E-state index contributed by atoms with van der Waals surface area (Å²) >= 11 is 0. The smallest absolute Gasteiger partial charge is 0.119 e. The Morgan fingerprint density at radius 3 is 2.18 bits per heavy atom. The van der Waals surface area contributed by atoms with E-state index in [1.54, 1.807) is 0 Å². The third kappa shape index (κ3) is 4.41. The van der Waals surface area contributed by atoms with Crippen molar-refractivity contribution in [2.75, 3.05) is 6.61 Å². The van der Waals surface area contributed by atoms with Crippen LogP contribution in [-0.2, 0) is 0 Å². The SMILES string of the molecule is C[C](C)c1cc(OCC(C)C)cc(C(C)C)c1. The lowest BCUT2D eigenvalue weighted by molar-refractivity contribution is 0.270. The van der Waals surface area contributed by atoms with Crippen LogP contribution in [-0.4, -0.2) is 6.61 Å². The fraction of sp³-hybridized carbons (Fsp3) is 0.562. The molecule has 0 heterocycles. The van der Waals surface area contributed by atoms with Gasteiger partial charge in [-0.2, -0.15) is 0 Å². The lowest BCUT2D eigenvalue weighted by Crippen LogP contribution is -2.05. The quantitative estimate of drug-likeness (QED) is 0.709. The number of ether oxygens (including phenoxy) is 1. The van der Waals surface area contributed by atoms with Crippen molar-refractivity contribution in [3.63, 3.8) is 0 Å². The molecule has 0 bridgehead atoms. The van der Waals surface area contributed by atoms with Gasteiger partial charge in [0, 0.05) is 0 Å². The van der Waals surface area contributed by atoms with Crippen LogP contribution in [0.1, 0.15) is 58.6 Å². The van der Waals surface area contributed by atoms with Crippen molar-refractivity contribution in [1.29, 1.82) is 0 Å². The van der Waals surface area contributed by atoms with Crippen LogP contribution in [0.4, 0.5) is 0 Å². The molecule has 0 aliphatic heterocycles. The lowest BCUT2D eigenvalue weighted by atomic mass is 9.95. The van der Waals surface area contributed by atoms with E-state index in [0.717, 1.165) is 12.4 Å². The van der Waals surface area contributed by atoms with Crippen LogP contribution in [0.2, 0.25) is 0 Å². The monoisotopic (exact) mass is 233 g/mol. The molecule has 0 aliphatic carbocycles. The molecule has 1 nitrogen and oxygen atoms in total. The van der Waals surface area contributed by atoms with Crippen molar-refractivity contribution in [3.05, 3.63) is 35.2 Å². The van der Waals surface area contributed by atoms with Crippen LogP contribution in [0, 0.1) is 11.8 Å². The second kappa shape index (κ2) is 6.09. The Morgan fingerprint density at radius 2 is 1.71 bits per heavy atom. The number of benzene rings is 1. The summed E-state index contributed by atoms with van der Waals surface area (Å²) in [5.74, 6) is 3.44. The van der Waals surface area contributed by atoms with Gasteiger partial charge in [0.25, 0.3) is 0 Å². The van der Waals surface area contributed by atoms with E-state index in [1.165, 1.54) is 17.0 Å². The molecular weight excluding hydrogens is 208 g/mol. The van der Waals surface area contributed by atoms with Crippen LogP contribution >= 0.6 is 0 Å². The lowest BCUT2D eigenvalue weighted by Gasteiger charge is -2.15. The first-order chi connectivity index (χ1) is 7.90. The summed E-state index contributed by atoms with van der Waals surface area (Å²) in [7, 11) is 0. The molecule has 0 spiro atoms. The summed E-state index contributed by atoms with van der Waals surface area (Å²) in [5, 5.41) is 0. The van der Waals surface area contributed by atoms with Gasteiger partial charge in [0.05, 0.1) is 6.61 Å². The summed E-state index contributed by atoms with van der Waals surface area (Å²) in [6, 6.07) is 6.57. The van der Waals surface area contributed by atoms with E-state index in [2.05, 4.69) is 59.7 Å². The molecule has 0 aromatic heterocycles. The highest BCUT2D eigenvalue weighted by atomic mass is 16.5. The molecule has 0 aliphatic rings. The highest BCUT2D eigenvalue weighted by Crippen LogP contribution is 2.27. The third-order valence-corrected chi connectivity index (χ3v) is 2.76. The van der Waals surface area contributed by atoms with Crippen molar-refractivity contribution >= 4 is 0 Å². The molecule has 1 aromatic carbocycles. The van der Waals surface area contributed by atoms with Gasteiger partial charge in [0.15, 0.2) is 0 Å². The maximum absolute atomic E-state index is 5.84. The predicted molar refractivity (Wildman–Crippen MR) is 74.6 cm³/mol. The molecule has 0 amide bonds. The minimum atomic E-state index is 0.538. The van der Waals surface area contributed by atoms with Crippen molar-refractivity contribution in [3.8, 4) is 5.75 Å². The normalized spacial score (nSPS) is 11.6. The van der Waals surface area contributed by atoms with Crippen molar-refractivity contribution in [2.24, 2.45) is 5.92 Å². The standard InChI is InChI=1S/C16H25O/c1-11(2)10-17-16-8-14(12(3)4)7-15(9-16)13(5)6/h7-9,11-12H,10H2,1-6H3. The number of hydrogen-bond donors (Lipinski definition) is 0. The average molecular weight is 233 g/mol. The van der Waals surface area contributed by atoms with Gasteiger partial charge in [-0.1, -0.05) is 47.6 Å². The fourth-order valence-corrected chi connectivity index (χ4v) is 1.59. The maximum Gasteiger partial charge on any atom is 0.119 e. The second-order valence-corrected chi connectivity index (χ2v) is 5.65. The van der Waals surface area contributed by atoms with Gasteiger partial charge in [0.1, 0.15) is 5.75 Å². The van der Waals surface area contributed by atoms with E-state index in [9.17, 15) is 0 Å². The minimum absolute atomic E-state index is 0.538. The van der Waals surface area contributed by atoms with Gasteiger partial charge < -0.3 is 4.74 Å². The van der Waals surface area contributed by atoms with Gasteiger partial charge in [-0.15, -0.1) is 0 Å². The zero-order valence-corrected chi connectivity index (χ0v) is 12.0. The third-order valence-electron chi connectivity index (χ3n) is 2.76. The van der Waals surface area contributed by atoms with Crippen LogP contribution in [0.5, 0.6) is 5.75 Å². The second-order valence-electron chi connectivity index (χ2n) is 5.65. The Bertz CT molecular complexity index is 324. The van der Waals surface area contributed by atoms with Gasteiger partial charge in [-0.3, -0.25) is 0 Å². The summed E-state index contributed by atoms with van der Waals surface area (Å²) in [6.45, 7) is 13.8. The molecule has 1 radical (unpaired) electrons. The average Bonchev–Trinajstić information content (AvgIpc) is 2.25. The van der Waals surface area contributed by atoms with E-state index in [-0.39, 0.29) is 0 Å². The van der Waals surface area contributed by atoms with Gasteiger partial charge in [-0.25, -0.2) is 0 Å². The van der Waals surface area contributed by atoms with E-state index in [0.29, 0.717) is 11.8 Å². The molecule has 0 unspecified atom stereocenters. The van der Waals surface area contributed by atoms with Crippen LogP contribution in [0.3, 0.4) is 0 Å². The van der Waals surface area contributed by atoms with E-state index in [4.69, 9.17) is 4.74 Å². The van der Waals surface area contributed by atoms with Crippen LogP contribution in [0.15, 0.2) is 18.2 Å². The van der Waals surface area contributed by atoms with E-state index < -0.39 is 0 Å². The highest BCUT2D eigenvalue weighted by molar-refractivity contribution is 5.41. The fourth-order valence-electron chi connectivity index (χ4n) is 1.59. The van der Waals surface area contributed by atoms with Gasteiger partial charge >= 0.3 is 0 Å². The summed E-state index contributed by atoms with van der Waals surface area (Å²) in [6.07, 6.45) is 0. The Hall–Kier alpha value is -0.980. The van der Waals surface area contributed by atoms with Crippen LogP contribution in [0.25, 0.3) is 0 Å². The molecule has 1 aromatic rings.